The Kier molecular flexibility index (Phi) is 2.59. The third kappa shape index (κ3) is 2.23. The fraction of sp³-hybridized carbons (Fsp3) is 0.571. The van der Waals surface area contributed by atoms with Gasteiger partial charge in [-0.2, -0.15) is 0 Å². The first-order chi connectivity index (χ1) is 7.02. The van der Waals surface area contributed by atoms with Gasteiger partial charge in [-0.1, -0.05) is 38.1 Å². The van der Waals surface area contributed by atoms with Gasteiger partial charge in [-0.3, -0.25) is 0 Å². The molecule has 0 bridgehead atoms. The average Bonchev–Trinajstić information content (AvgIpc) is 2.17. The topological polar surface area (TPSA) is 20.2 Å². The molecule has 0 heterocycles. The molecule has 1 aromatic rings. The van der Waals surface area contributed by atoms with Gasteiger partial charge in [-0.15, -0.1) is 0 Å². The molecular formula is C14H19O. The maximum absolute atomic E-state index is 10.7. The van der Waals surface area contributed by atoms with Gasteiger partial charge >= 0.3 is 0 Å². The van der Waals surface area contributed by atoms with Crippen molar-refractivity contribution in [2.45, 2.75) is 45.1 Å². The average molecular weight is 203 g/mol. The lowest BCUT2D eigenvalue weighted by Gasteiger charge is -2.41. The predicted octanol–water partition coefficient (Wildman–Crippen LogP) is 3.27. The van der Waals surface area contributed by atoms with Gasteiger partial charge in [-0.25, -0.2) is 0 Å². The van der Waals surface area contributed by atoms with Crippen molar-refractivity contribution in [2.75, 3.05) is 0 Å². The van der Waals surface area contributed by atoms with Crippen molar-refractivity contribution >= 4 is 0 Å². The van der Waals surface area contributed by atoms with Crippen LogP contribution in [0.15, 0.2) is 24.3 Å². The molecule has 1 aliphatic rings. The lowest BCUT2D eigenvalue weighted by atomic mass is 9.67. The predicted molar refractivity (Wildman–Crippen MR) is 61.4 cm³/mol. The van der Waals surface area contributed by atoms with Gasteiger partial charge in [-0.05, 0) is 42.7 Å². The van der Waals surface area contributed by atoms with Crippen LogP contribution in [-0.2, 0) is 5.60 Å². The molecule has 1 N–H and O–H groups in total. The standard InChI is InChI=1S/C14H19O/c1-13(2)9-6-10-14(15,11-13)12-7-4-3-5-8-12/h4-5,7-8,15H,6,9-11H2,1-2H3. The number of hydrogen-bond acceptors (Lipinski definition) is 1. The smallest absolute Gasteiger partial charge is 0.0901 e. The summed E-state index contributed by atoms with van der Waals surface area (Å²) < 4.78 is 0. The largest absolute Gasteiger partial charge is 0.385 e. The molecule has 2 rings (SSSR count). The SMILES string of the molecule is CC1(C)CCCC(O)(c2cc[c]cc2)C1. The number of benzene rings is 1. The third-order valence-electron chi connectivity index (χ3n) is 3.47. The van der Waals surface area contributed by atoms with Crippen LogP contribution >= 0.6 is 0 Å². The van der Waals surface area contributed by atoms with Crippen LogP contribution in [-0.4, -0.2) is 5.11 Å². The Morgan fingerprint density at radius 1 is 1.20 bits per heavy atom. The molecule has 81 valence electrons. The summed E-state index contributed by atoms with van der Waals surface area (Å²) in [6.07, 6.45) is 4.08. The van der Waals surface area contributed by atoms with Crippen LogP contribution < -0.4 is 0 Å². The lowest BCUT2D eigenvalue weighted by molar-refractivity contribution is -0.0440. The molecular weight excluding hydrogens is 184 g/mol. The minimum Gasteiger partial charge on any atom is -0.385 e. The summed E-state index contributed by atoms with van der Waals surface area (Å²) >= 11 is 0. The minimum atomic E-state index is -0.614. The zero-order valence-corrected chi connectivity index (χ0v) is 9.59. The first kappa shape index (κ1) is 10.7. The number of rotatable bonds is 1. The van der Waals surface area contributed by atoms with Crippen LogP contribution in [0.4, 0.5) is 0 Å². The highest BCUT2D eigenvalue weighted by molar-refractivity contribution is 5.22. The van der Waals surface area contributed by atoms with E-state index in [1.807, 2.05) is 24.3 Å². The monoisotopic (exact) mass is 203 g/mol. The summed E-state index contributed by atoms with van der Waals surface area (Å²) in [4.78, 5) is 0. The second-order valence-electron chi connectivity index (χ2n) is 5.51. The van der Waals surface area contributed by atoms with Crippen molar-refractivity contribution in [3.63, 3.8) is 0 Å². The van der Waals surface area contributed by atoms with Gasteiger partial charge in [0.2, 0.25) is 0 Å². The zero-order valence-electron chi connectivity index (χ0n) is 9.59. The normalized spacial score (nSPS) is 30.1. The molecule has 1 saturated carbocycles. The molecule has 1 fully saturated rings. The van der Waals surface area contributed by atoms with Crippen LogP contribution in [0.1, 0.15) is 45.1 Å². The summed E-state index contributed by atoms with van der Waals surface area (Å²) in [6.45, 7) is 4.48. The van der Waals surface area contributed by atoms with E-state index in [0.717, 1.165) is 24.8 Å². The van der Waals surface area contributed by atoms with Crippen LogP contribution in [0.25, 0.3) is 0 Å². The van der Waals surface area contributed by atoms with E-state index < -0.39 is 5.60 Å². The quantitative estimate of drug-likeness (QED) is 0.742. The van der Waals surface area contributed by atoms with E-state index in [-0.39, 0.29) is 5.41 Å². The zero-order chi connectivity index (χ0) is 10.9. The second kappa shape index (κ2) is 3.64. The van der Waals surface area contributed by atoms with E-state index in [1.165, 1.54) is 6.42 Å². The summed E-state index contributed by atoms with van der Waals surface area (Å²) in [7, 11) is 0. The van der Waals surface area contributed by atoms with Crippen molar-refractivity contribution in [1.82, 2.24) is 0 Å². The molecule has 1 atom stereocenters. The van der Waals surface area contributed by atoms with Crippen molar-refractivity contribution in [2.24, 2.45) is 5.41 Å². The van der Waals surface area contributed by atoms with E-state index in [1.54, 1.807) is 0 Å². The van der Waals surface area contributed by atoms with E-state index >= 15 is 0 Å². The molecule has 0 aliphatic heterocycles. The van der Waals surface area contributed by atoms with Crippen molar-refractivity contribution in [1.29, 1.82) is 0 Å². The van der Waals surface area contributed by atoms with E-state index in [0.29, 0.717) is 0 Å². The summed E-state index contributed by atoms with van der Waals surface area (Å²) in [5, 5.41) is 10.7. The molecule has 1 unspecified atom stereocenters. The highest BCUT2D eigenvalue weighted by atomic mass is 16.3. The first-order valence-electron chi connectivity index (χ1n) is 5.71. The Morgan fingerprint density at radius 2 is 1.87 bits per heavy atom. The molecule has 0 aromatic heterocycles. The third-order valence-corrected chi connectivity index (χ3v) is 3.47. The Hall–Kier alpha value is -0.820. The molecule has 1 radical (unpaired) electrons. The lowest BCUT2D eigenvalue weighted by Crippen LogP contribution is -2.36. The van der Waals surface area contributed by atoms with Crippen LogP contribution in [0.3, 0.4) is 0 Å². The van der Waals surface area contributed by atoms with E-state index in [2.05, 4.69) is 19.9 Å². The van der Waals surface area contributed by atoms with Crippen molar-refractivity contribution in [3.05, 3.63) is 35.9 Å². The van der Waals surface area contributed by atoms with Gasteiger partial charge in [0.05, 0.1) is 5.60 Å². The van der Waals surface area contributed by atoms with E-state index in [9.17, 15) is 5.11 Å². The summed E-state index contributed by atoms with van der Waals surface area (Å²) in [6, 6.07) is 10.7. The first-order valence-corrected chi connectivity index (χ1v) is 5.71. The van der Waals surface area contributed by atoms with Crippen molar-refractivity contribution in [3.8, 4) is 0 Å². The molecule has 0 saturated heterocycles. The molecule has 15 heavy (non-hydrogen) atoms. The molecule has 1 aromatic carbocycles. The Balaban J connectivity index is 2.27. The molecule has 0 spiro atoms. The fourth-order valence-corrected chi connectivity index (χ4v) is 2.77. The van der Waals surface area contributed by atoms with Gasteiger partial charge < -0.3 is 5.11 Å². The molecule has 1 heteroatoms. The Bertz CT molecular complexity index is 328. The van der Waals surface area contributed by atoms with Gasteiger partial charge in [0.1, 0.15) is 0 Å². The number of aliphatic hydroxyl groups is 1. The van der Waals surface area contributed by atoms with Crippen LogP contribution in [0, 0.1) is 11.5 Å². The Morgan fingerprint density at radius 3 is 2.47 bits per heavy atom. The highest BCUT2D eigenvalue weighted by Gasteiger charge is 2.39. The second-order valence-corrected chi connectivity index (χ2v) is 5.51. The van der Waals surface area contributed by atoms with E-state index in [4.69, 9.17) is 0 Å². The molecule has 1 nitrogen and oxygen atoms in total. The maximum atomic E-state index is 10.7. The van der Waals surface area contributed by atoms with Gasteiger partial charge in [0.15, 0.2) is 0 Å². The van der Waals surface area contributed by atoms with Gasteiger partial charge in [0.25, 0.3) is 0 Å². The molecule has 1 aliphatic carbocycles. The van der Waals surface area contributed by atoms with Crippen LogP contribution in [0.5, 0.6) is 0 Å². The van der Waals surface area contributed by atoms with Crippen LogP contribution in [0.2, 0.25) is 0 Å². The van der Waals surface area contributed by atoms with Gasteiger partial charge in [0, 0.05) is 0 Å². The summed E-state index contributed by atoms with van der Waals surface area (Å²) in [5.74, 6) is 0. The maximum Gasteiger partial charge on any atom is 0.0901 e. The minimum absolute atomic E-state index is 0.257. The highest BCUT2D eigenvalue weighted by Crippen LogP contribution is 2.45. The number of hydrogen-bond donors (Lipinski definition) is 1. The van der Waals surface area contributed by atoms with Crippen molar-refractivity contribution < 1.29 is 5.11 Å². The fourth-order valence-electron chi connectivity index (χ4n) is 2.77. The Labute approximate surface area is 92.1 Å². The summed E-state index contributed by atoms with van der Waals surface area (Å²) in [5.41, 5.74) is 0.692. The molecule has 0 amide bonds.